The Bertz CT molecular complexity index is 438. The molecule has 0 aliphatic heterocycles. The minimum atomic E-state index is -0.897. The molecule has 0 aliphatic carbocycles. The fraction of sp³-hybridized carbons (Fsp3) is 0. The maximum atomic E-state index is 13.0. The normalized spacial score (nSPS) is 10.9. The first kappa shape index (κ1) is 7.90. The van der Waals surface area contributed by atoms with Crippen LogP contribution >= 0.6 is 22.6 Å². The number of H-pyrrole nitrogens is 1. The first-order valence-electron chi connectivity index (χ1n) is 3.17. The van der Waals surface area contributed by atoms with Crippen molar-refractivity contribution in [2.75, 3.05) is 0 Å². The third kappa shape index (κ3) is 0.996. The summed E-state index contributed by atoms with van der Waals surface area (Å²) in [5.41, 5.74) is 0.0550. The van der Waals surface area contributed by atoms with Crippen LogP contribution in [0.3, 0.4) is 0 Å². The van der Waals surface area contributed by atoms with Crippen molar-refractivity contribution in [3.8, 4) is 0 Å². The minimum absolute atomic E-state index is 0.0550. The van der Waals surface area contributed by atoms with Gasteiger partial charge in [-0.3, -0.25) is 5.10 Å². The van der Waals surface area contributed by atoms with E-state index in [1.165, 1.54) is 6.07 Å². The van der Waals surface area contributed by atoms with E-state index in [0.29, 0.717) is 9.09 Å². The topological polar surface area (TPSA) is 28.7 Å². The lowest BCUT2D eigenvalue weighted by Gasteiger charge is -1.91. The van der Waals surface area contributed by atoms with E-state index in [1.807, 2.05) is 22.6 Å². The van der Waals surface area contributed by atoms with Crippen LogP contribution in [0.2, 0.25) is 0 Å². The summed E-state index contributed by atoms with van der Waals surface area (Å²) in [4.78, 5) is 0. The van der Waals surface area contributed by atoms with Crippen molar-refractivity contribution in [2.45, 2.75) is 0 Å². The predicted molar refractivity (Wildman–Crippen MR) is 48.7 cm³/mol. The van der Waals surface area contributed by atoms with Crippen LogP contribution in [0.5, 0.6) is 0 Å². The fourth-order valence-electron chi connectivity index (χ4n) is 0.992. The zero-order valence-electron chi connectivity index (χ0n) is 5.74. The summed E-state index contributed by atoms with van der Waals surface area (Å²) in [6, 6.07) is 2.59. The van der Waals surface area contributed by atoms with E-state index in [0.717, 1.165) is 6.07 Å². The second kappa shape index (κ2) is 2.65. The molecule has 0 saturated heterocycles. The van der Waals surface area contributed by atoms with Crippen LogP contribution in [0.4, 0.5) is 8.78 Å². The summed E-state index contributed by atoms with van der Waals surface area (Å²) >= 11 is 1.97. The van der Waals surface area contributed by atoms with E-state index in [2.05, 4.69) is 10.2 Å². The van der Waals surface area contributed by atoms with Gasteiger partial charge < -0.3 is 0 Å². The maximum Gasteiger partial charge on any atom is 0.186 e. The Hall–Kier alpha value is -0.720. The highest BCUT2D eigenvalue weighted by atomic mass is 127. The Morgan fingerprint density at radius 1 is 1.33 bits per heavy atom. The van der Waals surface area contributed by atoms with Gasteiger partial charge in [0.1, 0.15) is 9.22 Å². The molecule has 0 aliphatic rings. The van der Waals surface area contributed by atoms with Gasteiger partial charge in [0.2, 0.25) is 0 Å². The molecule has 0 bridgehead atoms. The first-order chi connectivity index (χ1) is 5.70. The van der Waals surface area contributed by atoms with Gasteiger partial charge in [-0.25, -0.2) is 8.78 Å². The SMILES string of the molecule is Fc1ccc2c(I)[nH]nc2c1F. The number of nitrogens with zero attached hydrogens (tertiary/aromatic N) is 1. The maximum absolute atomic E-state index is 13.0. The molecule has 62 valence electrons. The van der Waals surface area contributed by atoms with Gasteiger partial charge in [0.25, 0.3) is 0 Å². The molecule has 0 unspecified atom stereocenters. The number of benzene rings is 1. The van der Waals surface area contributed by atoms with E-state index in [1.54, 1.807) is 0 Å². The summed E-state index contributed by atoms with van der Waals surface area (Å²) < 4.78 is 26.3. The van der Waals surface area contributed by atoms with Crippen LogP contribution in [-0.4, -0.2) is 10.2 Å². The number of hydrogen-bond donors (Lipinski definition) is 1. The number of hydrogen-bond acceptors (Lipinski definition) is 1. The lowest BCUT2D eigenvalue weighted by atomic mass is 10.2. The van der Waals surface area contributed by atoms with Gasteiger partial charge in [-0.1, -0.05) is 0 Å². The van der Waals surface area contributed by atoms with Crippen LogP contribution in [0.1, 0.15) is 0 Å². The van der Waals surface area contributed by atoms with Crippen molar-refractivity contribution < 1.29 is 8.78 Å². The summed E-state index contributed by atoms with van der Waals surface area (Å²) in [5, 5.41) is 6.81. The quantitative estimate of drug-likeness (QED) is 0.738. The number of fused-ring (bicyclic) bond motifs is 1. The third-order valence-electron chi connectivity index (χ3n) is 1.57. The molecule has 1 N–H and O–H groups in total. The fourth-order valence-corrected chi connectivity index (χ4v) is 1.55. The van der Waals surface area contributed by atoms with Crippen LogP contribution < -0.4 is 0 Å². The molecule has 2 aromatic rings. The highest BCUT2D eigenvalue weighted by Gasteiger charge is 2.11. The molecule has 2 nitrogen and oxygen atoms in total. The smallest absolute Gasteiger partial charge is 0.186 e. The zero-order valence-corrected chi connectivity index (χ0v) is 7.89. The summed E-state index contributed by atoms with van der Waals surface area (Å²) in [5.74, 6) is -1.77. The Labute approximate surface area is 80.1 Å². The molecule has 1 aromatic carbocycles. The van der Waals surface area contributed by atoms with Gasteiger partial charge in [-0.2, -0.15) is 5.10 Å². The number of aromatic amines is 1. The largest absolute Gasteiger partial charge is 0.271 e. The number of halogens is 3. The molecule has 0 atom stereocenters. The first-order valence-corrected chi connectivity index (χ1v) is 4.25. The highest BCUT2D eigenvalue weighted by Crippen LogP contribution is 2.21. The van der Waals surface area contributed by atoms with Gasteiger partial charge in [0.15, 0.2) is 11.6 Å². The Morgan fingerprint density at radius 3 is 2.83 bits per heavy atom. The van der Waals surface area contributed by atoms with Crippen molar-refractivity contribution in [1.82, 2.24) is 10.2 Å². The molecule has 12 heavy (non-hydrogen) atoms. The molecular formula is C7H3F2IN2. The average molecular weight is 280 g/mol. The van der Waals surface area contributed by atoms with E-state index in [4.69, 9.17) is 0 Å². The number of nitrogens with one attached hydrogen (secondary N) is 1. The molecular weight excluding hydrogens is 277 g/mol. The summed E-state index contributed by atoms with van der Waals surface area (Å²) in [6.07, 6.45) is 0. The number of aromatic nitrogens is 2. The van der Waals surface area contributed by atoms with E-state index in [-0.39, 0.29) is 5.52 Å². The third-order valence-corrected chi connectivity index (χ3v) is 2.39. The van der Waals surface area contributed by atoms with Gasteiger partial charge in [0.05, 0.1) is 0 Å². The van der Waals surface area contributed by atoms with Crippen LogP contribution in [0.15, 0.2) is 12.1 Å². The van der Waals surface area contributed by atoms with Crippen molar-refractivity contribution in [3.05, 3.63) is 27.5 Å². The average Bonchev–Trinajstić information content (AvgIpc) is 2.41. The summed E-state index contributed by atoms with van der Waals surface area (Å²) in [6.45, 7) is 0. The summed E-state index contributed by atoms with van der Waals surface area (Å²) in [7, 11) is 0. The lowest BCUT2D eigenvalue weighted by Crippen LogP contribution is -1.84. The molecule has 0 saturated carbocycles. The molecule has 0 spiro atoms. The van der Waals surface area contributed by atoms with E-state index >= 15 is 0 Å². The van der Waals surface area contributed by atoms with Crippen LogP contribution in [0.25, 0.3) is 10.9 Å². The minimum Gasteiger partial charge on any atom is -0.271 e. The standard InChI is InChI=1S/C7H3F2IN2/c8-4-2-1-3-6(5(4)9)11-12-7(3)10/h1-2H,(H,11,12). The van der Waals surface area contributed by atoms with Gasteiger partial charge >= 0.3 is 0 Å². The molecule has 2 rings (SSSR count). The second-order valence-corrected chi connectivity index (χ2v) is 3.37. The molecule has 5 heteroatoms. The van der Waals surface area contributed by atoms with Crippen LogP contribution in [0, 0.1) is 15.3 Å². The zero-order chi connectivity index (χ0) is 8.72. The Morgan fingerprint density at radius 2 is 2.08 bits per heavy atom. The lowest BCUT2D eigenvalue weighted by molar-refractivity contribution is 0.515. The Kier molecular flexibility index (Phi) is 1.75. The molecule has 1 aromatic heterocycles. The van der Waals surface area contributed by atoms with Crippen molar-refractivity contribution in [2.24, 2.45) is 0 Å². The molecule has 0 radical (unpaired) electrons. The molecule has 0 fully saturated rings. The van der Waals surface area contributed by atoms with Crippen molar-refractivity contribution in [3.63, 3.8) is 0 Å². The van der Waals surface area contributed by atoms with Gasteiger partial charge in [-0.05, 0) is 34.7 Å². The van der Waals surface area contributed by atoms with Crippen molar-refractivity contribution >= 4 is 33.5 Å². The highest BCUT2D eigenvalue weighted by molar-refractivity contribution is 14.1. The predicted octanol–water partition coefficient (Wildman–Crippen LogP) is 2.45. The van der Waals surface area contributed by atoms with Crippen molar-refractivity contribution in [1.29, 1.82) is 0 Å². The second-order valence-electron chi connectivity index (χ2n) is 2.30. The van der Waals surface area contributed by atoms with Gasteiger partial charge in [-0.15, -0.1) is 0 Å². The van der Waals surface area contributed by atoms with Crippen LogP contribution in [-0.2, 0) is 0 Å². The monoisotopic (exact) mass is 280 g/mol. The molecule has 0 amide bonds. The van der Waals surface area contributed by atoms with E-state index < -0.39 is 11.6 Å². The van der Waals surface area contributed by atoms with Gasteiger partial charge in [0, 0.05) is 5.39 Å². The van der Waals surface area contributed by atoms with E-state index in [9.17, 15) is 8.78 Å². The number of rotatable bonds is 0. The molecule has 1 heterocycles. The Balaban J connectivity index is 2.93.